The Hall–Kier alpha value is -0.660. The van der Waals surface area contributed by atoms with Crippen LogP contribution in [-0.2, 0) is 0 Å². The number of halogens is 1. The van der Waals surface area contributed by atoms with E-state index in [-0.39, 0.29) is 6.61 Å². The molecule has 4 N–H and O–H groups in total. The van der Waals surface area contributed by atoms with E-state index in [0.29, 0.717) is 6.61 Å². The van der Waals surface area contributed by atoms with Crippen LogP contribution in [0.1, 0.15) is 0 Å². The Morgan fingerprint density at radius 2 is 1.71 bits per heavy atom. The molecule has 0 bridgehead atoms. The molecule has 0 aromatic heterocycles. The van der Waals surface area contributed by atoms with Crippen molar-refractivity contribution in [2.45, 2.75) is 6.10 Å². The van der Waals surface area contributed by atoms with E-state index in [0.717, 1.165) is 49.5 Å². The molecule has 0 amide bonds. The van der Waals surface area contributed by atoms with E-state index < -0.39 is 6.10 Å². The van der Waals surface area contributed by atoms with Crippen molar-refractivity contribution in [3.8, 4) is 5.75 Å². The zero-order valence-electron chi connectivity index (χ0n) is 12.2. The monoisotopic (exact) mass is 360 g/mol. The predicted octanol–water partition coefficient (Wildman–Crippen LogP) is -2.04. The molecule has 21 heavy (non-hydrogen) atoms. The number of hydrogen-bond donors (Lipinski definition) is 4. The SMILES string of the molecule is OCC[NH+]1CC[NH+](C[C@H](O)COc2ccc(Br)cc2)CC1. The van der Waals surface area contributed by atoms with Gasteiger partial charge in [0.15, 0.2) is 0 Å². The van der Waals surface area contributed by atoms with Crippen molar-refractivity contribution in [3.05, 3.63) is 28.7 Å². The molecule has 5 nitrogen and oxygen atoms in total. The molecule has 1 atom stereocenters. The lowest BCUT2D eigenvalue weighted by Gasteiger charge is -2.30. The third kappa shape index (κ3) is 5.92. The molecule has 0 spiro atoms. The van der Waals surface area contributed by atoms with Gasteiger partial charge in [-0.05, 0) is 24.3 Å². The number of quaternary nitrogens is 2. The molecule has 0 radical (unpaired) electrons. The molecule has 1 saturated heterocycles. The molecule has 0 saturated carbocycles. The molecule has 0 unspecified atom stereocenters. The first-order valence-electron chi connectivity index (χ1n) is 7.52. The van der Waals surface area contributed by atoms with Crippen molar-refractivity contribution in [2.24, 2.45) is 0 Å². The van der Waals surface area contributed by atoms with Gasteiger partial charge in [0.1, 0.15) is 57.7 Å². The molecule has 1 aliphatic rings. The topological polar surface area (TPSA) is 58.6 Å². The minimum absolute atomic E-state index is 0.258. The molecule has 6 heteroatoms. The van der Waals surface area contributed by atoms with Crippen molar-refractivity contribution >= 4 is 15.9 Å². The highest BCUT2D eigenvalue weighted by molar-refractivity contribution is 9.10. The Morgan fingerprint density at radius 3 is 2.33 bits per heavy atom. The lowest BCUT2D eigenvalue weighted by atomic mass is 10.2. The summed E-state index contributed by atoms with van der Waals surface area (Å²) in [5.41, 5.74) is 0. The van der Waals surface area contributed by atoms with Gasteiger partial charge in [-0.1, -0.05) is 15.9 Å². The van der Waals surface area contributed by atoms with Gasteiger partial charge in [0.25, 0.3) is 0 Å². The molecule has 1 fully saturated rings. The first-order chi connectivity index (χ1) is 10.2. The molecule has 1 aliphatic heterocycles. The second-order valence-corrected chi connectivity index (χ2v) is 6.51. The van der Waals surface area contributed by atoms with Crippen LogP contribution in [0.4, 0.5) is 0 Å². The van der Waals surface area contributed by atoms with Crippen LogP contribution in [0.2, 0.25) is 0 Å². The minimum Gasteiger partial charge on any atom is -0.491 e. The van der Waals surface area contributed by atoms with E-state index in [9.17, 15) is 5.11 Å². The minimum atomic E-state index is -0.442. The van der Waals surface area contributed by atoms with Crippen LogP contribution < -0.4 is 14.5 Å². The largest absolute Gasteiger partial charge is 0.491 e. The van der Waals surface area contributed by atoms with E-state index >= 15 is 0 Å². The van der Waals surface area contributed by atoms with E-state index in [4.69, 9.17) is 9.84 Å². The lowest BCUT2D eigenvalue weighted by Crippen LogP contribution is -3.28. The summed E-state index contributed by atoms with van der Waals surface area (Å²) in [6.07, 6.45) is -0.442. The van der Waals surface area contributed by atoms with E-state index in [1.165, 1.54) is 9.80 Å². The molecule has 1 aromatic carbocycles. The van der Waals surface area contributed by atoms with Gasteiger partial charge in [-0.25, -0.2) is 0 Å². The second-order valence-electron chi connectivity index (χ2n) is 5.60. The average Bonchev–Trinajstić information content (AvgIpc) is 2.49. The number of rotatable bonds is 7. The Morgan fingerprint density at radius 1 is 1.10 bits per heavy atom. The summed E-state index contributed by atoms with van der Waals surface area (Å²) in [5.74, 6) is 0.782. The molecular weight excluding hydrogens is 336 g/mol. The van der Waals surface area contributed by atoms with E-state index in [1.807, 2.05) is 24.3 Å². The van der Waals surface area contributed by atoms with Crippen molar-refractivity contribution < 1.29 is 24.7 Å². The number of piperazine rings is 1. The highest BCUT2D eigenvalue weighted by Crippen LogP contribution is 2.15. The molecule has 2 rings (SSSR count). The van der Waals surface area contributed by atoms with Crippen LogP contribution in [-0.4, -0.2) is 68.8 Å². The van der Waals surface area contributed by atoms with Crippen molar-refractivity contribution in [1.82, 2.24) is 0 Å². The zero-order chi connectivity index (χ0) is 15.1. The average molecular weight is 361 g/mol. The zero-order valence-corrected chi connectivity index (χ0v) is 13.8. The standard InChI is InChI=1S/C15H23BrN2O3/c16-13-1-3-15(4-2-13)21-12-14(20)11-18-7-5-17(6-8-18)9-10-19/h1-4,14,19-20H,5-12H2/p+2/t14-/m0/s1. The quantitative estimate of drug-likeness (QED) is 0.453. The fourth-order valence-corrected chi connectivity index (χ4v) is 2.95. The van der Waals surface area contributed by atoms with Crippen LogP contribution >= 0.6 is 15.9 Å². The normalized spacial score (nSPS) is 23.8. The third-order valence-electron chi connectivity index (χ3n) is 3.91. The Bertz CT molecular complexity index is 408. The number of hydrogen-bond acceptors (Lipinski definition) is 3. The van der Waals surface area contributed by atoms with Gasteiger partial charge in [-0.2, -0.15) is 0 Å². The van der Waals surface area contributed by atoms with Crippen LogP contribution in [0.15, 0.2) is 28.7 Å². The maximum Gasteiger partial charge on any atom is 0.137 e. The second kappa shape index (κ2) is 8.70. The lowest BCUT2D eigenvalue weighted by molar-refractivity contribution is -1.01. The van der Waals surface area contributed by atoms with Crippen molar-refractivity contribution in [2.75, 3.05) is 52.5 Å². The van der Waals surface area contributed by atoms with Gasteiger partial charge in [-0.15, -0.1) is 0 Å². The Labute approximate surface area is 134 Å². The Kier molecular flexibility index (Phi) is 6.92. The van der Waals surface area contributed by atoms with Crippen LogP contribution in [0, 0.1) is 0 Å². The number of aliphatic hydroxyl groups excluding tert-OH is 2. The predicted molar refractivity (Wildman–Crippen MR) is 83.9 cm³/mol. The van der Waals surface area contributed by atoms with Crippen LogP contribution in [0.3, 0.4) is 0 Å². The fraction of sp³-hybridized carbons (Fsp3) is 0.600. The summed E-state index contributed by atoms with van der Waals surface area (Å²) >= 11 is 3.38. The van der Waals surface area contributed by atoms with Crippen molar-refractivity contribution in [1.29, 1.82) is 0 Å². The molecule has 1 heterocycles. The van der Waals surface area contributed by atoms with Gasteiger partial charge < -0.3 is 24.7 Å². The number of nitrogens with one attached hydrogen (secondary N) is 2. The summed E-state index contributed by atoms with van der Waals surface area (Å²) in [4.78, 5) is 2.88. The third-order valence-corrected chi connectivity index (χ3v) is 4.44. The summed E-state index contributed by atoms with van der Waals surface area (Å²) in [7, 11) is 0. The number of aliphatic hydroxyl groups is 2. The summed E-state index contributed by atoms with van der Waals surface area (Å²) in [6, 6.07) is 7.63. The smallest absolute Gasteiger partial charge is 0.137 e. The highest BCUT2D eigenvalue weighted by Gasteiger charge is 2.24. The molecular formula is C15H25BrN2O3+2. The maximum absolute atomic E-state index is 10.1. The van der Waals surface area contributed by atoms with Gasteiger partial charge in [0.05, 0.1) is 6.61 Å². The van der Waals surface area contributed by atoms with Gasteiger partial charge in [0.2, 0.25) is 0 Å². The molecule has 1 aromatic rings. The van der Waals surface area contributed by atoms with Crippen molar-refractivity contribution in [3.63, 3.8) is 0 Å². The summed E-state index contributed by atoms with van der Waals surface area (Å²) in [6.45, 7) is 6.37. The first kappa shape index (κ1) is 16.7. The van der Waals surface area contributed by atoms with E-state index in [1.54, 1.807) is 0 Å². The van der Waals surface area contributed by atoms with E-state index in [2.05, 4.69) is 15.9 Å². The van der Waals surface area contributed by atoms with Gasteiger partial charge in [-0.3, -0.25) is 0 Å². The fourth-order valence-electron chi connectivity index (χ4n) is 2.68. The van der Waals surface area contributed by atoms with Gasteiger partial charge >= 0.3 is 0 Å². The maximum atomic E-state index is 10.1. The summed E-state index contributed by atoms with van der Waals surface area (Å²) < 4.78 is 6.62. The highest BCUT2D eigenvalue weighted by atomic mass is 79.9. The van der Waals surface area contributed by atoms with Crippen LogP contribution in [0.25, 0.3) is 0 Å². The van der Waals surface area contributed by atoms with Crippen LogP contribution in [0.5, 0.6) is 5.75 Å². The first-order valence-corrected chi connectivity index (χ1v) is 8.31. The summed E-state index contributed by atoms with van der Waals surface area (Å²) in [5, 5.41) is 19.0. The molecule has 118 valence electrons. The number of benzene rings is 1. The Balaban J connectivity index is 1.65. The number of ether oxygens (including phenoxy) is 1. The van der Waals surface area contributed by atoms with Gasteiger partial charge in [0, 0.05) is 4.47 Å². The molecule has 0 aliphatic carbocycles.